The third-order valence-electron chi connectivity index (χ3n) is 6.85. The van der Waals surface area contributed by atoms with Crippen LogP contribution in [-0.2, 0) is 17.8 Å². The minimum Gasteiger partial charge on any atom is -0.376 e. The van der Waals surface area contributed by atoms with Crippen LogP contribution in [0.1, 0.15) is 42.5 Å². The molecule has 0 spiro atoms. The van der Waals surface area contributed by atoms with E-state index in [0.29, 0.717) is 17.0 Å². The standard InChI is InChI=1S/C29H37N7O2S/c1-8-36(22-16-31-21(5)32-17-22)12-11-30-27-15-24-23(13-18(2)14-25(24)29(37)35(27)6)20(4)34-26-10-9-19(3)33-28(26)39(7)38/h9-10,13-17,20,30,34H,8,11-12H2,1-7H3/t20-,39?/m1/s1. The van der Waals surface area contributed by atoms with Crippen LogP contribution in [0.15, 0.2) is 52.5 Å². The Hall–Kier alpha value is -3.79. The van der Waals surface area contributed by atoms with Crippen LogP contribution in [0.25, 0.3) is 10.8 Å². The smallest absolute Gasteiger partial charge is 0.259 e. The molecule has 0 aliphatic heterocycles. The van der Waals surface area contributed by atoms with Gasteiger partial charge in [-0.15, -0.1) is 0 Å². The Morgan fingerprint density at radius 1 is 1.08 bits per heavy atom. The van der Waals surface area contributed by atoms with Crippen LogP contribution in [0.4, 0.5) is 17.2 Å². The van der Waals surface area contributed by atoms with Gasteiger partial charge in [0.05, 0.1) is 34.6 Å². The van der Waals surface area contributed by atoms with Crippen molar-refractivity contribution in [1.29, 1.82) is 0 Å². The molecule has 0 saturated heterocycles. The Bertz CT molecular complexity index is 1570. The third-order valence-corrected chi connectivity index (χ3v) is 7.70. The average Bonchev–Trinajstić information content (AvgIpc) is 2.90. The molecule has 9 nitrogen and oxygen atoms in total. The summed E-state index contributed by atoms with van der Waals surface area (Å²) in [4.78, 5) is 28.7. The summed E-state index contributed by atoms with van der Waals surface area (Å²) in [6.45, 7) is 12.1. The van der Waals surface area contributed by atoms with Crippen molar-refractivity contribution in [3.8, 4) is 0 Å². The lowest BCUT2D eigenvalue weighted by Gasteiger charge is -2.24. The van der Waals surface area contributed by atoms with Crippen LogP contribution in [0.2, 0.25) is 0 Å². The first-order chi connectivity index (χ1) is 18.6. The first-order valence-electron chi connectivity index (χ1n) is 13.1. The van der Waals surface area contributed by atoms with Crippen molar-refractivity contribution in [1.82, 2.24) is 19.5 Å². The highest BCUT2D eigenvalue weighted by Gasteiger charge is 2.18. The van der Waals surface area contributed by atoms with E-state index in [4.69, 9.17) is 0 Å². The molecule has 206 valence electrons. The second kappa shape index (κ2) is 11.9. The summed E-state index contributed by atoms with van der Waals surface area (Å²) in [5, 5.41) is 9.03. The number of hydrogen-bond donors (Lipinski definition) is 2. The summed E-state index contributed by atoms with van der Waals surface area (Å²) >= 11 is 0. The zero-order valence-electron chi connectivity index (χ0n) is 23.7. The molecule has 0 bridgehead atoms. The first kappa shape index (κ1) is 28.2. The number of anilines is 3. The Labute approximate surface area is 232 Å². The van der Waals surface area contributed by atoms with Crippen molar-refractivity contribution in [2.75, 3.05) is 41.4 Å². The highest BCUT2D eigenvalue weighted by molar-refractivity contribution is 7.84. The highest BCUT2D eigenvalue weighted by atomic mass is 32.2. The lowest BCUT2D eigenvalue weighted by atomic mass is 9.97. The van der Waals surface area contributed by atoms with Gasteiger partial charge >= 0.3 is 0 Å². The van der Waals surface area contributed by atoms with Gasteiger partial charge in [-0.3, -0.25) is 13.6 Å². The molecular formula is C29H37N7O2S. The molecule has 3 aromatic heterocycles. The molecule has 0 fully saturated rings. The number of likely N-dealkylation sites (N-methyl/N-ethyl adjacent to an activating group) is 1. The number of hydrogen-bond acceptors (Lipinski definition) is 8. The van der Waals surface area contributed by atoms with E-state index in [-0.39, 0.29) is 11.6 Å². The maximum Gasteiger partial charge on any atom is 0.259 e. The van der Waals surface area contributed by atoms with Crippen molar-refractivity contribution in [2.24, 2.45) is 7.05 Å². The van der Waals surface area contributed by atoms with Crippen molar-refractivity contribution >= 4 is 38.8 Å². The molecule has 0 aliphatic carbocycles. The maximum absolute atomic E-state index is 13.4. The fourth-order valence-electron chi connectivity index (χ4n) is 4.73. The van der Waals surface area contributed by atoms with Crippen LogP contribution in [0.5, 0.6) is 0 Å². The normalized spacial score (nSPS) is 12.8. The summed E-state index contributed by atoms with van der Waals surface area (Å²) in [6.07, 6.45) is 5.31. The molecule has 0 amide bonds. The Balaban J connectivity index is 1.64. The molecule has 0 aliphatic rings. The number of benzene rings is 1. The van der Waals surface area contributed by atoms with Gasteiger partial charge in [-0.1, -0.05) is 6.07 Å². The van der Waals surface area contributed by atoms with E-state index in [1.165, 1.54) is 0 Å². The van der Waals surface area contributed by atoms with Gasteiger partial charge in [0.25, 0.3) is 5.56 Å². The Morgan fingerprint density at radius 3 is 2.46 bits per heavy atom. The van der Waals surface area contributed by atoms with E-state index in [2.05, 4.69) is 43.5 Å². The largest absolute Gasteiger partial charge is 0.376 e. The van der Waals surface area contributed by atoms with E-state index < -0.39 is 10.8 Å². The van der Waals surface area contributed by atoms with Crippen LogP contribution in [-0.4, -0.2) is 49.6 Å². The molecule has 0 radical (unpaired) electrons. The van der Waals surface area contributed by atoms with Crippen LogP contribution < -0.4 is 21.1 Å². The lowest BCUT2D eigenvalue weighted by Crippen LogP contribution is -2.30. The third kappa shape index (κ3) is 6.27. The van der Waals surface area contributed by atoms with Crippen LogP contribution in [0.3, 0.4) is 0 Å². The van der Waals surface area contributed by atoms with Gasteiger partial charge in [-0.25, -0.2) is 15.0 Å². The zero-order chi connectivity index (χ0) is 28.3. The van der Waals surface area contributed by atoms with Gasteiger partial charge in [-0.2, -0.15) is 0 Å². The summed E-state index contributed by atoms with van der Waals surface area (Å²) in [7, 11) is 0.553. The van der Waals surface area contributed by atoms with Gasteiger partial charge < -0.3 is 15.5 Å². The molecule has 39 heavy (non-hydrogen) atoms. The van der Waals surface area contributed by atoms with Crippen molar-refractivity contribution in [2.45, 2.75) is 45.7 Å². The summed E-state index contributed by atoms with van der Waals surface area (Å²) in [5.74, 6) is 1.49. The number of aryl methyl sites for hydroxylation is 3. The Morgan fingerprint density at radius 2 is 1.79 bits per heavy atom. The maximum atomic E-state index is 13.4. The van der Waals surface area contributed by atoms with Gasteiger partial charge in [-0.05, 0) is 75.4 Å². The van der Waals surface area contributed by atoms with Crippen molar-refractivity contribution in [3.63, 3.8) is 0 Å². The molecule has 3 heterocycles. The predicted molar refractivity (Wildman–Crippen MR) is 160 cm³/mol. The molecule has 1 aromatic carbocycles. The number of rotatable bonds is 10. The first-order valence-corrected chi connectivity index (χ1v) is 14.6. The van der Waals surface area contributed by atoms with E-state index >= 15 is 0 Å². The molecule has 10 heteroatoms. The van der Waals surface area contributed by atoms with Gasteiger partial charge in [0.15, 0.2) is 0 Å². The second-order valence-electron chi connectivity index (χ2n) is 9.83. The quantitative estimate of drug-likeness (QED) is 0.299. The fraction of sp³-hybridized carbons (Fsp3) is 0.379. The SMILES string of the molecule is CCN(CCNc1cc2c([C@@H](C)Nc3ccc(C)nc3S(C)=O)cc(C)cc2c(=O)n1C)c1cnc(C)nc1. The van der Waals surface area contributed by atoms with Gasteiger partial charge in [0.1, 0.15) is 16.7 Å². The van der Waals surface area contributed by atoms with Gasteiger partial charge in [0.2, 0.25) is 0 Å². The molecule has 4 aromatic rings. The number of nitrogens with zero attached hydrogens (tertiary/aromatic N) is 5. The minimum absolute atomic E-state index is 0.0567. The van der Waals surface area contributed by atoms with Crippen LogP contribution in [0, 0.1) is 20.8 Å². The fourth-order valence-corrected chi connectivity index (χ4v) is 5.44. The number of nitrogens with one attached hydrogen (secondary N) is 2. The lowest BCUT2D eigenvalue weighted by molar-refractivity contribution is 0.683. The molecular weight excluding hydrogens is 510 g/mol. The average molecular weight is 548 g/mol. The number of pyridine rings is 2. The summed E-state index contributed by atoms with van der Waals surface area (Å²) in [5.41, 5.74) is 4.45. The van der Waals surface area contributed by atoms with Gasteiger partial charge in [0, 0.05) is 50.1 Å². The number of fused-ring (bicyclic) bond motifs is 1. The van der Waals surface area contributed by atoms with E-state index in [0.717, 1.165) is 58.3 Å². The second-order valence-corrected chi connectivity index (χ2v) is 11.1. The summed E-state index contributed by atoms with van der Waals surface area (Å²) in [6, 6.07) is 9.74. The predicted octanol–water partition coefficient (Wildman–Crippen LogP) is 4.50. The molecule has 2 atom stereocenters. The van der Waals surface area contributed by atoms with Crippen molar-refractivity contribution in [3.05, 3.63) is 75.7 Å². The monoisotopic (exact) mass is 547 g/mol. The molecule has 2 N–H and O–H groups in total. The van der Waals surface area contributed by atoms with E-state index in [1.54, 1.807) is 17.9 Å². The topological polar surface area (TPSA) is 105 Å². The van der Waals surface area contributed by atoms with Crippen molar-refractivity contribution < 1.29 is 4.21 Å². The molecule has 1 unspecified atom stereocenters. The highest BCUT2D eigenvalue weighted by Crippen LogP contribution is 2.30. The zero-order valence-corrected chi connectivity index (χ0v) is 24.5. The minimum atomic E-state index is -1.24. The Kier molecular flexibility index (Phi) is 8.64. The molecule has 4 rings (SSSR count). The van der Waals surface area contributed by atoms with E-state index in [9.17, 15) is 9.00 Å². The summed E-state index contributed by atoms with van der Waals surface area (Å²) < 4.78 is 14.0. The van der Waals surface area contributed by atoms with Crippen LogP contribution >= 0.6 is 0 Å². The number of aromatic nitrogens is 4. The van der Waals surface area contributed by atoms with E-state index in [1.807, 2.05) is 64.4 Å². The molecule has 0 saturated carbocycles.